The fraction of sp³-hybridized carbons (Fsp3) is 0.440. The van der Waals surface area contributed by atoms with E-state index in [0.29, 0.717) is 55.8 Å². The highest BCUT2D eigenvalue weighted by Crippen LogP contribution is 2.29. The summed E-state index contributed by atoms with van der Waals surface area (Å²) >= 11 is 0. The molecule has 2 aromatic carbocycles. The van der Waals surface area contributed by atoms with E-state index in [2.05, 4.69) is 4.90 Å². The molecular weight excluding hydrogens is 424 g/mol. The third kappa shape index (κ3) is 6.54. The van der Waals surface area contributed by atoms with Crippen LogP contribution in [0.15, 0.2) is 42.5 Å². The van der Waals surface area contributed by atoms with Gasteiger partial charge in [-0.3, -0.25) is 4.79 Å². The number of esters is 1. The number of benzene rings is 2. The highest BCUT2D eigenvalue weighted by atomic mass is 16.5. The fourth-order valence-corrected chi connectivity index (χ4v) is 3.48. The molecule has 1 aliphatic rings. The van der Waals surface area contributed by atoms with E-state index in [0.717, 1.165) is 11.4 Å². The zero-order valence-electron chi connectivity index (χ0n) is 19.7. The minimum Gasteiger partial charge on any atom is -0.497 e. The first-order chi connectivity index (χ1) is 15.9. The minimum absolute atomic E-state index is 0.207. The van der Waals surface area contributed by atoms with Gasteiger partial charge in [-0.2, -0.15) is 0 Å². The second kappa shape index (κ2) is 11.4. The van der Waals surface area contributed by atoms with Crippen LogP contribution in [0.2, 0.25) is 0 Å². The molecule has 0 N–H and O–H groups in total. The van der Waals surface area contributed by atoms with Gasteiger partial charge in [0.15, 0.2) is 18.1 Å². The molecule has 1 heterocycles. The number of carbonyl (C=O) groups excluding carboxylic acids is 2. The maximum absolute atomic E-state index is 12.6. The smallest absolute Gasteiger partial charge is 0.338 e. The molecule has 1 amide bonds. The van der Waals surface area contributed by atoms with Gasteiger partial charge in [-0.05, 0) is 48.4 Å². The van der Waals surface area contributed by atoms with Gasteiger partial charge >= 0.3 is 5.97 Å². The molecule has 0 spiro atoms. The Morgan fingerprint density at radius 1 is 0.909 bits per heavy atom. The minimum atomic E-state index is -0.575. The number of amides is 1. The van der Waals surface area contributed by atoms with Gasteiger partial charge in [-0.15, -0.1) is 0 Å². The third-order valence-electron chi connectivity index (χ3n) is 5.37. The van der Waals surface area contributed by atoms with Crippen molar-refractivity contribution in [2.75, 3.05) is 58.5 Å². The summed E-state index contributed by atoms with van der Waals surface area (Å²) in [6.07, 6.45) is 0. The monoisotopic (exact) mass is 456 g/mol. The fourth-order valence-electron chi connectivity index (χ4n) is 3.48. The summed E-state index contributed by atoms with van der Waals surface area (Å²) in [5, 5.41) is 0. The van der Waals surface area contributed by atoms with Crippen LogP contribution in [0.1, 0.15) is 24.2 Å². The Hall–Kier alpha value is -3.42. The number of methoxy groups -OCH3 is 2. The number of piperazine rings is 1. The molecule has 2 aromatic rings. The number of ether oxygens (including phenoxy) is 4. The predicted molar refractivity (Wildman–Crippen MR) is 125 cm³/mol. The molecule has 1 aliphatic heterocycles. The summed E-state index contributed by atoms with van der Waals surface area (Å²) in [5.74, 6) is 1.41. The van der Waals surface area contributed by atoms with E-state index < -0.39 is 5.97 Å². The Morgan fingerprint density at radius 3 is 2.21 bits per heavy atom. The first-order valence-electron chi connectivity index (χ1n) is 11.1. The lowest BCUT2D eigenvalue weighted by atomic mass is 10.2. The van der Waals surface area contributed by atoms with E-state index >= 15 is 0 Å². The van der Waals surface area contributed by atoms with Gasteiger partial charge in [-0.1, -0.05) is 13.8 Å². The average molecular weight is 457 g/mol. The van der Waals surface area contributed by atoms with Crippen LogP contribution in [0.4, 0.5) is 5.69 Å². The third-order valence-corrected chi connectivity index (χ3v) is 5.37. The molecule has 1 saturated heterocycles. The lowest BCUT2D eigenvalue weighted by Gasteiger charge is -2.36. The van der Waals surface area contributed by atoms with E-state index in [4.69, 9.17) is 18.9 Å². The van der Waals surface area contributed by atoms with Crippen LogP contribution >= 0.6 is 0 Å². The normalized spacial score (nSPS) is 13.6. The molecule has 8 nitrogen and oxygen atoms in total. The van der Waals surface area contributed by atoms with Crippen LogP contribution in [-0.4, -0.2) is 70.4 Å². The summed E-state index contributed by atoms with van der Waals surface area (Å²) < 4.78 is 21.5. The summed E-state index contributed by atoms with van der Waals surface area (Å²) in [5.41, 5.74) is 1.39. The Labute approximate surface area is 195 Å². The van der Waals surface area contributed by atoms with Crippen molar-refractivity contribution >= 4 is 17.6 Å². The van der Waals surface area contributed by atoms with Crippen LogP contribution in [0.25, 0.3) is 0 Å². The molecule has 33 heavy (non-hydrogen) atoms. The Kier molecular flexibility index (Phi) is 8.40. The number of hydrogen-bond donors (Lipinski definition) is 0. The Bertz CT molecular complexity index is 936. The van der Waals surface area contributed by atoms with Crippen molar-refractivity contribution in [3.63, 3.8) is 0 Å². The molecule has 0 saturated carbocycles. The first kappa shape index (κ1) is 24.2. The maximum Gasteiger partial charge on any atom is 0.338 e. The molecule has 1 fully saturated rings. The molecule has 3 rings (SSSR count). The van der Waals surface area contributed by atoms with Crippen LogP contribution in [0.5, 0.6) is 17.2 Å². The second-order valence-corrected chi connectivity index (χ2v) is 8.21. The summed E-state index contributed by atoms with van der Waals surface area (Å²) in [6, 6.07) is 12.7. The van der Waals surface area contributed by atoms with Crippen LogP contribution < -0.4 is 19.1 Å². The summed E-state index contributed by atoms with van der Waals surface area (Å²) in [4.78, 5) is 28.9. The largest absolute Gasteiger partial charge is 0.497 e. The lowest BCUT2D eigenvalue weighted by Crippen LogP contribution is -2.49. The van der Waals surface area contributed by atoms with E-state index in [1.165, 1.54) is 7.11 Å². The molecule has 178 valence electrons. The molecular formula is C25H32N2O6. The molecule has 0 unspecified atom stereocenters. The van der Waals surface area contributed by atoms with Gasteiger partial charge in [0.2, 0.25) is 0 Å². The van der Waals surface area contributed by atoms with Crippen LogP contribution in [-0.2, 0) is 9.53 Å². The summed E-state index contributed by atoms with van der Waals surface area (Å²) in [7, 11) is 3.15. The number of anilines is 1. The molecule has 0 radical (unpaired) electrons. The lowest BCUT2D eigenvalue weighted by molar-refractivity contribution is -0.134. The first-order valence-corrected chi connectivity index (χ1v) is 11.1. The molecule has 0 bridgehead atoms. The number of hydrogen-bond acceptors (Lipinski definition) is 7. The SMILES string of the molecule is COc1ccc(N2CCN(C(=O)COC(=O)c3ccc(OCC(C)C)c(OC)c3)CC2)cc1. The number of carbonyl (C=O) groups is 2. The van der Waals surface area contributed by atoms with Gasteiger partial charge in [-0.25, -0.2) is 4.79 Å². The second-order valence-electron chi connectivity index (χ2n) is 8.21. The zero-order chi connectivity index (χ0) is 23.8. The van der Waals surface area contributed by atoms with Crippen molar-refractivity contribution in [1.82, 2.24) is 4.90 Å². The maximum atomic E-state index is 12.6. The molecule has 8 heteroatoms. The average Bonchev–Trinajstić information content (AvgIpc) is 2.85. The Balaban J connectivity index is 1.48. The topological polar surface area (TPSA) is 77.5 Å². The number of rotatable bonds is 9. The van der Waals surface area contributed by atoms with Crippen molar-refractivity contribution in [1.29, 1.82) is 0 Å². The molecule has 0 aliphatic carbocycles. The molecule has 0 aromatic heterocycles. The van der Waals surface area contributed by atoms with Crippen molar-refractivity contribution in [3.05, 3.63) is 48.0 Å². The van der Waals surface area contributed by atoms with E-state index in [-0.39, 0.29) is 12.5 Å². The molecule has 0 atom stereocenters. The van der Waals surface area contributed by atoms with Gasteiger partial charge in [0.25, 0.3) is 5.91 Å². The highest BCUT2D eigenvalue weighted by molar-refractivity contribution is 5.92. The highest BCUT2D eigenvalue weighted by Gasteiger charge is 2.23. The van der Waals surface area contributed by atoms with Gasteiger partial charge in [0, 0.05) is 31.9 Å². The van der Waals surface area contributed by atoms with Crippen molar-refractivity contribution in [2.24, 2.45) is 5.92 Å². The van der Waals surface area contributed by atoms with Crippen molar-refractivity contribution < 1.29 is 28.5 Å². The van der Waals surface area contributed by atoms with E-state index in [1.807, 2.05) is 38.1 Å². The van der Waals surface area contributed by atoms with Gasteiger partial charge in [0.1, 0.15) is 5.75 Å². The van der Waals surface area contributed by atoms with Crippen molar-refractivity contribution in [2.45, 2.75) is 13.8 Å². The van der Waals surface area contributed by atoms with Crippen LogP contribution in [0, 0.1) is 5.92 Å². The summed E-state index contributed by atoms with van der Waals surface area (Å²) in [6.45, 7) is 6.90. The standard InChI is InChI=1S/C25H32N2O6/c1-18(2)16-32-22-10-5-19(15-23(22)31-4)25(29)33-17-24(28)27-13-11-26(12-14-27)20-6-8-21(30-3)9-7-20/h5-10,15,18H,11-14,16-17H2,1-4H3. The van der Waals surface area contributed by atoms with Gasteiger partial charge < -0.3 is 28.7 Å². The zero-order valence-corrected chi connectivity index (χ0v) is 19.7. The van der Waals surface area contributed by atoms with E-state index in [9.17, 15) is 9.59 Å². The quantitative estimate of drug-likeness (QED) is 0.536. The van der Waals surface area contributed by atoms with E-state index in [1.54, 1.807) is 30.2 Å². The predicted octanol–water partition coefficient (Wildman–Crippen LogP) is 3.24. The van der Waals surface area contributed by atoms with Crippen LogP contribution in [0.3, 0.4) is 0 Å². The van der Waals surface area contributed by atoms with Gasteiger partial charge in [0.05, 0.1) is 26.4 Å². The number of nitrogens with zero attached hydrogens (tertiary/aromatic N) is 2. The Morgan fingerprint density at radius 2 is 1.61 bits per heavy atom. The van der Waals surface area contributed by atoms with Crippen molar-refractivity contribution in [3.8, 4) is 17.2 Å².